The Hall–Kier alpha value is -1.26. The van der Waals surface area contributed by atoms with E-state index < -0.39 is 11.6 Å². The van der Waals surface area contributed by atoms with Gasteiger partial charge in [-0.05, 0) is 31.0 Å². The Kier molecular flexibility index (Phi) is 2.54. The van der Waals surface area contributed by atoms with Crippen molar-refractivity contribution in [3.8, 4) is 0 Å². The van der Waals surface area contributed by atoms with Crippen LogP contribution in [0.1, 0.15) is 12.5 Å². The Bertz CT molecular complexity index is 360. The molecule has 0 bridgehead atoms. The zero-order chi connectivity index (χ0) is 10.9. The normalized spacial score (nSPS) is 26.0. The monoisotopic (exact) mass is 206 g/mol. The highest BCUT2D eigenvalue weighted by atomic mass is 16.6. The van der Waals surface area contributed by atoms with Gasteiger partial charge in [0.15, 0.2) is 5.78 Å². The molecule has 1 saturated heterocycles. The standard InChI is InChI=1S/C11H14N2O2/c1-11(7-15-11)10(14)9(12)6-8-2-4-13-5-3-8/h2-5,9H,6-7,12H2,1H3/t9-,11+/m0/s1. The summed E-state index contributed by atoms with van der Waals surface area (Å²) in [6.45, 7) is 2.28. The summed E-state index contributed by atoms with van der Waals surface area (Å²) in [5.74, 6) is -0.0145. The lowest BCUT2D eigenvalue weighted by molar-refractivity contribution is -0.124. The molecule has 0 aliphatic carbocycles. The molecule has 2 atom stereocenters. The highest BCUT2D eigenvalue weighted by Crippen LogP contribution is 2.28. The van der Waals surface area contributed by atoms with Crippen LogP contribution in [0.4, 0.5) is 0 Å². The van der Waals surface area contributed by atoms with Crippen LogP contribution in [0.2, 0.25) is 0 Å². The van der Waals surface area contributed by atoms with Gasteiger partial charge >= 0.3 is 0 Å². The van der Waals surface area contributed by atoms with Gasteiger partial charge in [0.25, 0.3) is 0 Å². The molecular weight excluding hydrogens is 192 g/mol. The second-order valence-electron chi connectivity index (χ2n) is 4.05. The molecule has 0 amide bonds. The minimum atomic E-state index is -0.619. The fraction of sp³-hybridized carbons (Fsp3) is 0.455. The van der Waals surface area contributed by atoms with Gasteiger partial charge in [-0.25, -0.2) is 0 Å². The molecule has 1 aliphatic rings. The lowest BCUT2D eigenvalue weighted by atomic mass is 9.96. The first kappa shape index (κ1) is 10.3. The van der Waals surface area contributed by atoms with Crippen LogP contribution < -0.4 is 5.73 Å². The molecule has 0 aromatic carbocycles. The first-order valence-electron chi connectivity index (χ1n) is 4.94. The first-order chi connectivity index (χ1) is 7.12. The van der Waals surface area contributed by atoms with E-state index in [-0.39, 0.29) is 5.78 Å². The molecule has 0 spiro atoms. The number of carbonyl (C=O) groups excluding carboxylic acids is 1. The predicted molar refractivity (Wildman–Crippen MR) is 55.3 cm³/mol. The average Bonchev–Trinajstić information content (AvgIpc) is 2.98. The van der Waals surface area contributed by atoms with Crippen molar-refractivity contribution in [2.45, 2.75) is 25.0 Å². The summed E-state index contributed by atoms with van der Waals surface area (Å²) in [4.78, 5) is 15.7. The number of nitrogens with zero attached hydrogens (tertiary/aromatic N) is 1. The summed E-state index contributed by atoms with van der Waals surface area (Å²) < 4.78 is 5.07. The smallest absolute Gasteiger partial charge is 0.183 e. The van der Waals surface area contributed by atoms with Crippen LogP contribution in [-0.2, 0) is 16.0 Å². The summed E-state index contributed by atoms with van der Waals surface area (Å²) in [5.41, 5.74) is 6.23. The molecule has 0 radical (unpaired) electrons. The van der Waals surface area contributed by atoms with E-state index in [2.05, 4.69) is 4.98 Å². The minimum Gasteiger partial charge on any atom is -0.362 e. The Morgan fingerprint density at radius 2 is 2.27 bits per heavy atom. The second-order valence-corrected chi connectivity index (χ2v) is 4.05. The van der Waals surface area contributed by atoms with Gasteiger partial charge in [0.05, 0.1) is 12.6 Å². The minimum absolute atomic E-state index is 0.0145. The van der Waals surface area contributed by atoms with E-state index in [4.69, 9.17) is 10.5 Å². The largest absolute Gasteiger partial charge is 0.362 e. The quantitative estimate of drug-likeness (QED) is 0.720. The number of rotatable bonds is 4. The van der Waals surface area contributed by atoms with Crippen molar-refractivity contribution in [2.24, 2.45) is 5.73 Å². The lowest BCUT2D eigenvalue weighted by Gasteiger charge is -2.12. The zero-order valence-electron chi connectivity index (χ0n) is 8.64. The molecule has 15 heavy (non-hydrogen) atoms. The van der Waals surface area contributed by atoms with Gasteiger partial charge in [-0.3, -0.25) is 9.78 Å². The zero-order valence-corrected chi connectivity index (χ0v) is 8.64. The van der Waals surface area contributed by atoms with Crippen LogP contribution in [0.3, 0.4) is 0 Å². The van der Waals surface area contributed by atoms with Crippen LogP contribution >= 0.6 is 0 Å². The van der Waals surface area contributed by atoms with E-state index in [0.717, 1.165) is 5.56 Å². The van der Waals surface area contributed by atoms with Crippen molar-refractivity contribution in [1.29, 1.82) is 0 Å². The fourth-order valence-electron chi connectivity index (χ4n) is 1.51. The molecule has 1 aliphatic heterocycles. The number of pyridine rings is 1. The molecule has 80 valence electrons. The number of hydrogen-bond acceptors (Lipinski definition) is 4. The van der Waals surface area contributed by atoms with E-state index in [1.807, 2.05) is 12.1 Å². The maximum atomic E-state index is 11.8. The van der Waals surface area contributed by atoms with Crippen molar-refractivity contribution in [1.82, 2.24) is 4.98 Å². The van der Waals surface area contributed by atoms with Crippen molar-refractivity contribution in [3.05, 3.63) is 30.1 Å². The summed E-state index contributed by atoms with van der Waals surface area (Å²) in [6, 6.07) is 3.24. The van der Waals surface area contributed by atoms with Gasteiger partial charge in [-0.2, -0.15) is 0 Å². The van der Waals surface area contributed by atoms with Gasteiger partial charge < -0.3 is 10.5 Å². The average molecular weight is 206 g/mol. The number of carbonyl (C=O) groups is 1. The molecule has 1 aromatic heterocycles. The summed E-state index contributed by atoms with van der Waals surface area (Å²) in [7, 11) is 0. The molecule has 0 unspecified atom stereocenters. The number of aromatic nitrogens is 1. The molecule has 4 heteroatoms. The second kappa shape index (κ2) is 3.72. The van der Waals surface area contributed by atoms with Crippen LogP contribution in [0, 0.1) is 0 Å². The van der Waals surface area contributed by atoms with Crippen molar-refractivity contribution >= 4 is 5.78 Å². The molecule has 1 aromatic rings. The third-order valence-corrected chi connectivity index (χ3v) is 2.64. The van der Waals surface area contributed by atoms with Crippen LogP contribution in [0.5, 0.6) is 0 Å². The summed E-state index contributed by atoms with van der Waals surface area (Å²) in [6.07, 6.45) is 3.93. The summed E-state index contributed by atoms with van der Waals surface area (Å²) in [5, 5.41) is 0. The number of hydrogen-bond donors (Lipinski definition) is 1. The van der Waals surface area contributed by atoms with Gasteiger partial charge in [0, 0.05) is 12.4 Å². The molecule has 0 saturated carbocycles. The molecule has 2 N–H and O–H groups in total. The van der Waals surface area contributed by atoms with E-state index >= 15 is 0 Å². The van der Waals surface area contributed by atoms with E-state index in [0.29, 0.717) is 13.0 Å². The van der Waals surface area contributed by atoms with E-state index in [9.17, 15) is 4.79 Å². The molecule has 2 heterocycles. The van der Waals surface area contributed by atoms with Gasteiger partial charge in [-0.15, -0.1) is 0 Å². The highest BCUT2D eigenvalue weighted by molar-refractivity contribution is 5.93. The van der Waals surface area contributed by atoms with E-state index in [1.54, 1.807) is 19.3 Å². The third kappa shape index (κ3) is 2.22. The fourth-order valence-corrected chi connectivity index (χ4v) is 1.51. The van der Waals surface area contributed by atoms with Crippen LogP contribution in [0.25, 0.3) is 0 Å². The molecule has 4 nitrogen and oxygen atoms in total. The Morgan fingerprint density at radius 1 is 1.67 bits per heavy atom. The lowest BCUT2D eigenvalue weighted by Crippen LogP contribution is -2.40. The number of Topliss-reactive ketones (excluding diaryl/α,β-unsaturated/α-hetero) is 1. The van der Waals surface area contributed by atoms with Crippen molar-refractivity contribution < 1.29 is 9.53 Å². The maximum absolute atomic E-state index is 11.8. The Balaban J connectivity index is 1.98. The van der Waals surface area contributed by atoms with Crippen molar-refractivity contribution in [3.63, 3.8) is 0 Å². The Morgan fingerprint density at radius 3 is 2.80 bits per heavy atom. The number of ketones is 1. The molecule has 1 fully saturated rings. The SMILES string of the molecule is C[C@]1(C(=O)[C@@H](N)Cc2ccncc2)CO1. The molecular formula is C11H14N2O2. The van der Waals surface area contributed by atoms with E-state index in [1.165, 1.54) is 0 Å². The number of epoxide rings is 1. The Labute approximate surface area is 88.4 Å². The topological polar surface area (TPSA) is 68.5 Å². The first-order valence-corrected chi connectivity index (χ1v) is 4.94. The van der Waals surface area contributed by atoms with Crippen LogP contribution in [-0.4, -0.2) is 29.0 Å². The third-order valence-electron chi connectivity index (χ3n) is 2.64. The van der Waals surface area contributed by atoms with Gasteiger partial charge in [-0.1, -0.05) is 0 Å². The summed E-state index contributed by atoms with van der Waals surface area (Å²) >= 11 is 0. The van der Waals surface area contributed by atoms with Crippen molar-refractivity contribution in [2.75, 3.05) is 6.61 Å². The number of ether oxygens (including phenoxy) is 1. The van der Waals surface area contributed by atoms with Gasteiger partial charge in [0.2, 0.25) is 0 Å². The molecule has 2 rings (SSSR count). The van der Waals surface area contributed by atoms with Crippen LogP contribution in [0.15, 0.2) is 24.5 Å². The number of nitrogens with two attached hydrogens (primary N) is 1. The highest BCUT2D eigenvalue weighted by Gasteiger charge is 2.48. The predicted octanol–water partition coefficient (Wildman–Crippen LogP) is 0.309. The van der Waals surface area contributed by atoms with Gasteiger partial charge in [0.1, 0.15) is 5.60 Å². The maximum Gasteiger partial charge on any atom is 0.183 e.